The van der Waals surface area contributed by atoms with Gasteiger partial charge in [-0.1, -0.05) is 0 Å². The summed E-state index contributed by atoms with van der Waals surface area (Å²) < 4.78 is 4.33. The number of aromatic nitrogens is 6. The Morgan fingerprint density at radius 2 is 0.789 bits per heavy atom. The van der Waals surface area contributed by atoms with E-state index in [1.54, 1.807) is 0 Å². The molecule has 0 spiro atoms. The van der Waals surface area contributed by atoms with Crippen LogP contribution in [0.25, 0.3) is 33.6 Å². The molecule has 182 valence electrons. The van der Waals surface area contributed by atoms with E-state index in [-0.39, 0.29) is 0 Å². The molecule has 0 atom stereocenters. The number of rotatable bonds is 7. The van der Waals surface area contributed by atoms with Crippen LogP contribution in [0.4, 0.5) is 0 Å². The Labute approximate surface area is 221 Å². The SMILES string of the molecule is c1cc(-c2cc[n+](Cc3ccnc(-c4cc(C[n+]5ccc(-c6ccncc6)cc5)ccn4)c3)cc2)ccn1. The monoisotopic (exact) mass is 494 g/mol. The smallest absolute Gasteiger partial charge is 0.173 e. The van der Waals surface area contributed by atoms with E-state index in [2.05, 4.69) is 102 Å². The van der Waals surface area contributed by atoms with Gasteiger partial charge in [0.2, 0.25) is 0 Å². The van der Waals surface area contributed by atoms with Gasteiger partial charge in [0.05, 0.1) is 11.4 Å². The molecule has 0 fully saturated rings. The molecule has 0 bridgehead atoms. The normalized spacial score (nSPS) is 10.8. The van der Waals surface area contributed by atoms with E-state index >= 15 is 0 Å². The fraction of sp³-hybridized carbons (Fsp3) is 0.0625. The van der Waals surface area contributed by atoms with Gasteiger partial charge in [-0.05, 0) is 70.8 Å². The van der Waals surface area contributed by atoms with Crippen LogP contribution in [0.2, 0.25) is 0 Å². The summed E-state index contributed by atoms with van der Waals surface area (Å²) in [6, 6.07) is 24.9. The van der Waals surface area contributed by atoms with Crippen LogP contribution in [0.1, 0.15) is 11.1 Å². The first-order valence-electron chi connectivity index (χ1n) is 12.5. The van der Waals surface area contributed by atoms with Crippen molar-refractivity contribution in [3.63, 3.8) is 0 Å². The lowest BCUT2D eigenvalue weighted by atomic mass is 10.1. The number of pyridine rings is 6. The summed E-state index contributed by atoms with van der Waals surface area (Å²) >= 11 is 0. The second-order valence-corrected chi connectivity index (χ2v) is 9.09. The highest BCUT2D eigenvalue weighted by Crippen LogP contribution is 2.19. The second kappa shape index (κ2) is 10.9. The maximum Gasteiger partial charge on any atom is 0.173 e. The van der Waals surface area contributed by atoms with Crippen LogP contribution >= 0.6 is 0 Å². The van der Waals surface area contributed by atoms with Crippen molar-refractivity contribution in [2.75, 3.05) is 0 Å². The van der Waals surface area contributed by atoms with Crippen LogP contribution in [-0.4, -0.2) is 19.9 Å². The molecular weight excluding hydrogens is 468 g/mol. The molecule has 0 aliphatic carbocycles. The van der Waals surface area contributed by atoms with Crippen molar-refractivity contribution >= 4 is 0 Å². The van der Waals surface area contributed by atoms with Crippen LogP contribution in [0.5, 0.6) is 0 Å². The van der Waals surface area contributed by atoms with Crippen molar-refractivity contribution in [2.45, 2.75) is 13.1 Å². The van der Waals surface area contributed by atoms with Gasteiger partial charge >= 0.3 is 0 Å². The molecule has 0 aliphatic rings. The summed E-state index contributed by atoms with van der Waals surface area (Å²) in [5.41, 5.74) is 8.75. The van der Waals surface area contributed by atoms with Gasteiger partial charge in [-0.15, -0.1) is 0 Å². The van der Waals surface area contributed by atoms with Gasteiger partial charge in [0.1, 0.15) is 0 Å². The molecule has 6 heteroatoms. The first-order chi connectivity index (χ1) is 18.8. The molecule has 6 aromatic rings. The molecule has 0 saturated heterocycles. The van der Waals surface area contributed by atoms with Gasteiger partial charge in [-0.25, -0.2) is 9.13 Å². The standard InChI is InChI=1S/C32H26N6/c1-15-35-31(21-25(1)23-37-17-7-29(8-18-37)27-3-11-33-12-4-27)32-22-26(2-16-36-32)24-38-19-9-30(10-20-38)28-5-13-34-14-6-28/h1-22H,23-24H2/q+2. The predicted molar refractivity (Wildman–Crippen MR) is 145 cm³/mol. The first-order valence-corrected chi connectivity index (χ1v) is 12.5. The third-order valence-corrected chi connectivity index (χ3v) is 6.45. The van der Waals surface area contributed by atoms with Crippen LogP contribution in [-0.2, 0) is 13.1 Å². The molecule has 6 heterocycles. The Hall–Kier alpha value is -5.10. The van der Waals surface area contributed by atoms with Crippen LogP contribution in [0, 0.1) is 0 Å². The Morgan fingerprint density at radius 1 is 0.421 bits per heavy atom. The summed E-state index contributed by atoms with van der Waals surface area (Å²) in [5, 5.41) is 0. The second-order valence-electron chi connectivity index (χ2n) is 9.09. The van der Waals surface area contributed by atoms with Crippen molar-refractivity contribution in [2.24, 2.45) is 0 Å². The Kier molecular flexibility index (Phi) is 6.68. The van der Waals surface area contributed by atoms with E-state index in [1.807, 2.05) is 61.4 Å². The summed E-state index contributed by atoms with van der Waals surface area (Å²) in [6.07, 6.45) is 19.4. The molecule has 0 saturated carbocycles. The van der Waals surface area contributed by atoms with E-state index in [0.29, 0.717) is 0 Å². The zero-order valence-electron chi connectivity index (χ0n) is 20.8. The minimum atomic E-state index is 0.755. The Balaban J connectivity index is 1.16. The van der Waals surface area contributed by atoms with Crippen molar-refractivity contribution < 1.29 is 9.13 Å². The van der Waals surface area contributed by atoms with Gasteiger partial charge in [0.15, 0.2) is 37.9 Å². The van der Waals surface area contributed by atoms with Gasteiger partial charge in [0.25, 0.3) is 0 Å². The molecule has 0 unspecified atom stereocenters. The van der Waals surface area contributed by atoms with E-state index in [0.717, 1.165) is 35.6 Å². The molecule has 0 N–H and O–H groups in total. The number of hydrogen-bond donors (Lipinski definition) is 0. The lowest BCUT2D eigenvalue weighted by Gasteiger charge is -2.05. The van der Waals surface area contributed by atoms with Crippen molar-refractivity contribution in [1.29, 1.82) is 0 Å². The molecule has 0 aromatic carbocycles. The largest absolute Gasteiger partial charge is 0.265 e. The molecular formula is C32H26N6+2. The van der Waals surface area contributed by atoms with Gasteiger partial charge in [-0.2, -0.15) is 0 Å². The van der Waals surface area contributed by atoms with Crippen LogP contribution in [0.3, 0.4) is 0 Å². The summed E-state index contributed by atoms with van der Waals surface area (Å²) in [4.78, 5) is 17.4. The zero-order valence-corrected chi connectivity index (χ0v) is 20.8. The molecule has 6 nitrogen and oxygen atoms in total. The highest BCUT2D eigenvalue weighted by Gasteiger charge is 2.10. The average Bonchev–Trinajstić information content (AvgIpc) is 2.99. The number of hydrogen-bond acceptors (Lipinski definition) is 4. The van der Waals surface area contributed by atoms with Crippen molar-refractivity contribution in [3.05, 3.63) is 146 Å². The molecule has 0 aliphatic heterocycles. The first kappa shape index (κ1) is 23.3. The van der Waals surface area contributed by atoms with Crippen LogP contribution in [0.15, 0.2) is 135 Å². The molecule has 0 radical (unpaired) electrons. The fourth-order valence-corrected chi connectivity index (χ4v) is 4.45. The summed E-state index contributed by atoms with van der Waals surface area (Å²) in [6.45, 7) is 1.51. The zero-order chi connectivity index (χ0) is 25.6. The molecule has 6 rings (SSSR count). The third-order valence-electron chi connectivity index (χ3n) is 6.45. The molecule has 38 heavy (non-hydrogen) atoms. The lowest BCUT2D eigenvalue weighted by molar-refractivity contribution is -0.688. The quantitative estimate of drug-likeness (QED) is 0.295. The summed E-state index contributed by atoms with van der Waals surface area (Å²) in [7, 11) is 0. The van der Waals surface area contributed by atoms with Crippen molar-refractivity contribution in [1.82, 2.24) is 19.9 Å². The van der Waals surface area contributed by atoms with Crippen LogP contribution < -0.4 is 9.13 Å². The molecule has 0 amide bonds. The highest BCUT2D eigenvalue weighted by atomic mass is 14.9. The third kappa shape index (κ3) is 5.50. The van der Waals surface area contributed by atoms with E-state index in [4.69, 9.17) is 0 Å². The van der Waals surface area contributed by atoms with Crippen molar-refractivity contribution in [3.8, 4) is 33.6 Å². The maximum absolute atomic E-state index is 4.61. The lowest BCUT2D eigenvalue weighted by Crippen LogP contribution is -2.33. The number of nitrogens with zero attached hydrogens (tertiary/aromatic N) is 6. The highest BCUT2D eigenvalue weighted by molar-refractivity contribution is 5.62. The van der Waals surface area contributed by atoms with Gasteiger partial charge in [-0.3, -0.25) is 19.9 Å². The van der Waals surface area contributed by atoms with Gasteiger partial charge < -0.3 is 0 Å². The fourth-order valence-electron chi connectivity index (χ4n) is 4.45. The van der Waals surface area contributed by atoms with Gasteiger partial charge in [0, 0.05) is 72.6 Å². The minimum Gasteiger partial charge on any atom is -0.265 e. The van der Waals surface area contributed by atoms with E-state index < -0.39 is 0 Å². The van der Waals surface area contributed by atoms with E-state index in [1.165, 1.54) is 22.3 Å². The maximum atomic E-state index is 4.61. The average molecular weight is 495 g/mol. The molecule has 6 aromatic heterocycles. The van der Waals surface area contributed by atoms with E-state index in [9.17, 15) is 0 Å². The Bertz CT molecular complexity index is 1510. The summed E-state index contributed by atoms with van der Waals surface area (Å²) in [5.74, 6) is 0. The Morgan fingerprint density at radius 3 is 1.18 bits per heavy atom. The predicted octanol–water partition coefficient (Wildman–Crippen LogP) is 4.94. The minimum absolute atomic E-state index is 0.755. The topological polar surface area (TPSA) is 59.3 Å².